The van der Waals surface area contributed by atoms with Crippen LogP contribution in [0.4, 0.5) is 0 Å². The number of hydrogen-bond acceptors (Lipinski definition) is 0. The van der Waals surface area contributed by atoms with Gasteiger partial charge in [0.2, 0.25) is 0 Å². The fourth-order valence-corrected chi connectivity index (χ4v) is 1.47. The van der Waals surface area contributed by atoms with Crippen LogP contribution < -0.4 is 0 Å². The Balaban J connectivity index is -0.000000325. The molecular weight excluding hydrogens is 482 g/mol. The molecular formula is C14H8BrO3Re. The molecule has 0 aromatic heterocycles. The monoisotopic (exact) mass is 490 g/mol. The standard InChI is InChI=1S/C11H8Br.3CO.Re/c12-11-7-5-10(6-8-11)9-3-1-2-4-9;3*1-2;/h1-8H;;;;. The van der Waals surface area contributed by atoms with E-state index in [1.54, 1.807) is 0 Å². The molecule has 19 heavy (non-hydrogen) atoms. The van der Waals surface area contributed by atoms with Crippen molar-refractivity contribution in [3.8, 4) is 0 Å². The van der Waals surface area contributed by atoms with Crippen molar-refractivity contribution < 1.29 is 34.4 Å². The van der Waals surface area contributed by atoms with E-state index in [-0.39, 0.29) is 20.4 Å². The molecule has 96 valence electrons. The fraction of sp³-hybridized carbons (Fsp3) is 0. The molecule has 0 bridgehead atoms. The third-order valence-corrected chi connectivity index (χ3v) is 2.37. The van der Waals surface area contributed by atoms with Crippen LogP contribution in [-0.2, 0) is 34.4 Å². The number of rotatable bonds is 1. The summed E-state index contributed by atoms with van der Waals surface area (Å²) in [4.78, 5) is 0. The topological polar surface area (TPSA) is 59.7 Å². The van der Waals surface area contributed by atoms with Crippen LogP contribution in [0.1, 0.15) is 5.56 Å². The van der Waals surface area contributed by atoms with E-state index in [2.05, 4.69) is 85.8 Å². The van der Waals surface area contributed by atoms with E-state index in [1.807, 2.05) is 0 Å². The maximum atomic E-state index is 7.50. The Morgan fingerprint density at radius 2 is 1.11 bits per heavy atom. The van der Waals surface area contributed by atoms with Gasteiger partial charge >= 0.3 is 33.9 Å². The van der Waals surface area contributed by atoms with E-state index in [0.29, 0.717) is 0 Å². The van der Waals surface area contributed by atoms with Crippen molar-refractivity contribution in [2.24, 2.45) is 0 Å². The molecule has 0 saturated heterocycles. The fourth-order valence-electron chi connectivity index (χ4n) is 1.21. The Kier molecular flexibility index (Phi) is 21.9. The van der Waals surface area contributed by atoms with Gasteiger partial charge in [0.25, 0.3) is 0 Å². The summed E-state index contributed by atoms with van der Waals surface area (Å²) in [5.41, 5.74) is 1.27. The van der Waals surface area contributed by atoms with Gasteiger partial charge in [0.1, 0.15) is 0 Å². The Bertz CT molecular complexity index is 350. The molecule has 5 heteroatoms. The van der Waals surface area contributed by atoms with E-state index in [1.165, 1.54) is 11.5 Å². The normalized spacial score (nSPS) is 11.9. The summed E-state index contributed by atoms with van der Waals surface area (Å²) in [5.74, 6) is 1.28. The first-order chi connectivity index (χ1) is 8.86. The van der Waals surface area contributed by atoms with Crippen molar-refractivity contribution in [3.05, 3.63) is 85.9 Å². The molecule has 0 atom stereocenters. The molecule has 1 saturated carbocycles. The zero-order chi connectivity index (χ0) is 14.4. The van der Waals surface area contributed by atoms with Gasteiger partial charge in [-0.1, -0.05) is 28.1 Å². The van der Waals surface area contributed by atoms with Gasteiger partial charge in [-0.05, 0) is 43.4 Å². The van der Waals surface area contributed by atoms with Gasteiger partial charge in [0, 0.05) is 30.8 Å². The zero-order valence-electron chi connectivity index (χ0n) is 9.60. The molecule has 0 amide bonds. The van der Waals surface area contributed by atoms with Crippen LogP contribution in [0, 0.1) is 51.6 Å². The molecule has 1 aromatic rings. The number of benzene rings is 1. The average Bonchev–Trinajstić information content (AvgIpc) is 3.00. The van der Waals surface area contributed by atoms with Gasteiger partial charge in [0.05, 0.1) is 0 Å². The zero-order valence-corrected chi connectivity index (χ0v) is 13.9. The molecule has 0 spiro atoms. The number of halogens is 1. The van der Waals surface area contributed by atoms with Gasteiger partial charge in [-0.25, -0.2) is 0 Å². The molecule has 6 radical (unpaired) electrons. The molecule has 3 nitrogen and oxygen atoms in total. The summed E-state index contributed by atoms with van der Waals surface area (Å²) in [5, 5.41) is 0. The van der Waals surface area contributed by atoms with Crippen LogP contribution in [0.25, 0.3) is 0 Å². The van der Waals surface area contributed by atoms with Gasteiger partial charge in [0.15, 0.2) is 0 Å². The van der Waals surface area contributed by atoms with Gasteiger partial charge in [-0.15, -0.1) is 0 Å². The van der Waals surface area contributed by atoms with Crippen LogP contribution in [0.5, 0.6) is 0 Å². The van der Waals surface area contributed by atoms with E-state index >= 15 is 0 Å². The minimum absolute atomic E-state index is 0. The summed E-state index contributed by atoms with van der Waals surface area (Å²) in [6.45, 7) is 13.5. The summed E-state index contributed by atoms with van der Waals surface area (Å²) in [6, 6.07) is 8.34. The molecule has 1 aliphatic carbocycles. The van der Waals surface area contributed by atoms with E-state index in [0.717, 1.165) is 4.47 Å². The first-order valence-electron chi connectivity index (χ1n) is 4.45. The molecule has 0 aliphatic heterocycles. The largest absolute Gasteiger partial charge is 0 e. The van der Waals surface area contributed by atoms with E-state index in [9.17, 15) is 0 Å². The van der Waals surface area contributed by atoms with E-state index in [4.69, 9.17) is 14.0 Å². The Labute approximate surface area is 136 Å². The Morgan fingerprint density at radius 3 is 1.47 bits per heavy atom. The van der Waals surface area contributed by atoms with Crippen molar-refractivity contribution in [1.82, 2.24) is 0 Å². The van der Waals surface area contributed by atoms with Gasteiger partial charge < -0.3 is 0 Å². The maximum Gasteiger partial charge on any atom is 0 e. The average molecular weight is 490 g/mol. The third-order valence-electron chi connectivity index (χ3n) is 1.84. The first kappa shape index (κ1) is 23.7. The molecule has 1 aromatic carbocycles. The van der Waals surface area contributed by atoms with Crippen LogP contribution >= 0.6 is 15.9 Å². The molecule has 0 N–H and O–H groups in total. The minimum Gasteiger partial charge on any atom is 0 e. The van der Waals surface area contributed by atoms with Crippen LogP contribution in [-0.4, -0.2) is 0 Å². The van der Waals surface area contributed by atoms with Crippen molar-refractivity contribution in [1.29, 1.82) is 0 Å². The summed E-state index contributed by atoms with van der Waals surface area (Å²) < 4.78 is 23.6. The Morgan fingerprint density at radius 1 is 0.737 bits per heavy atom. The quantitative estimate of drug-likeness (QED) is 0.430. The van der Waals surface area contributed by atoms with Crippen molar-refractivity contribution in [3.63, 3.8) is 0 Å². The van der Waals surface area contributed by atoms with Gasteiger partial charge in [-0.2, -0.15) is 0 Å². The Hall–Kier alpha value is -0.418. The predicted octanol–water partition coefficient (Wildman–Crippen LogP) is 3.09. The van der Waals surface area contributed by atoms with Crippen molar-refractivity contribution in [2.45, 2.75) is 0 Å². The first-order valence-corrected chi connectivity index (χ1v) is 5.24. The molecule has 1 fully saturated rings. The predicted molar refractivity (Wildman–Crippen MR) is 65.5 cm³/mol. The second-order valence-corrected chi connectivity index (χ2v) is 3.60. The van der Waals surface area contributed by atoms with E-state index < -0.39 is 0 Å². The second kappa shape index (κ2) is 17.6. The maximum absolute atomic E-state index is 7.50. The van der Waals surface area contributed by atoms with Crippen LogP contribution in [0.15, 0.2) is 28.7 Å². The van der Waals surface area contributed by atoms with Crippen LogP contribution in [0.3, 0.4) is 0 Å². The SMILES string of the molecule is Brc1ccc([C]2[CH][CH][CH][CH]2)cc1.[C-]#[O+].[C-]#[O+].[C-]#[O+].[Re]. The molecule has 0 unspecified atom stereocenters. The molecule has 2 rings (SSSR count). The van der Waals surface area contributed by atoms with Crippen LogP contribution in [0.2, 0.25) is 0 Å². The van der Waals surface area contributed by atoms with Crippen molar-refractivity contribution in [2.75, 3.05) is 0 Å². The summed E-state index contributed by atoms with van der Waals surface area (Å²) in [7, 11) is 0. The third kappa shape index (κ3) is 10.1. The second-order valence-electron chi connectivity index (χ2n) is 2.68. The summed E-state index contributed by atoms with van der Waals surface area (Å²) >= 11 is 3.41. The number of hydrogen-bond donors (Lipinski definition) is 0. The summed E-state index contributed by atoms with van der Waals surface area (Å²) in [6.07, 6.45) is 8.33. The minimum atomic E-state index is 0. The molecule has 1 aliphatic rings. The van der Waals surface area contributed by atoms with Crippen molar-refractivity contribution >= 4 is 15.9 Å². The smallest absolute Gasteiger partial charge is 0 e. The molecule has 0 heterocycles. The van der Waals surface area contributed by atoms with Gasteiger partial charge in [-0.3, -0.25) is 0 Å².